The monoisotopic (exact) mass is 884 g/mol. The maximum Gasteiger partial charge on any atom is 0.490 e. The number of aliphatic imine (C=N–C) groups is 2. The molecule has 0 aromatic heterocycles. The van der Waals surface area contributed by atoms with Gasteiger partial charge in [-0.25, -0.2) is 9.59 Å². The minimum absolute atomic E-state index is 0.0689. The van der Waals surface area contributed by atoms with Crippen LogP contribution in [0.1, 0.15) is 64.7 Å². The molecule has 6 amide bonds. The van der Waals surface area contributed by atoms with Gasteiger partial charge in [-0.2, -0.15) is 13.2 Å². The molecule has 1 heterocycles. The van der Waals surface area contributed by atoms with Crippen LogP contribution in [0.15, 0.2) is 9.98 Å². The fourth-order valence-corrected chi connectivity index (χ4v) is 5.32. The van der Waals surface area contributed by atoms with Crippen LogP contribution in [0.4, 0.5) is 13.2 Å². The molecule has 1 aliphatic heterocycles. The summed E-state index contributed by atoms with van der Waals surface area (Å²) in [5.74, 6) is -8.74. The van der Waals surface area contributed by atoms with Crippen molar-refractivity contribution in [3.05, 3.63) is 0 Å². The lowest BCUT2D eigenvalue weighted by molar-refractivity contribution is -0.192. The predicted octanol–water partition coefficient (Wildman–Crippen LogP) is -5.67. The molecule has 1 fully saturated rings. The van der Waals surface area contributed by atoms with Gasteiger partial charge in [0.15, 0.2) is 11.9 Å². The van der Waals surface area contributed by atoms with Crippen molar-refractivity contribution in [2.24, 2.45) is 44.4 Å². The van der Waals surface area contributed by atoms with Gasteiger partial charge in [0.05, 0.1) is 19.2 Å². The number of carbonyl (C=O) groups excluding carboxylic acids is 6. The number of aliphatic hydroxyl groups is 1. The Bertz CT molecular complexity index is 1550. The summed E-state index contributed by atoms with van der Waals surface area (Å²) < 4.78 is 31.7. The van der Waals surface area contributed by atoms with Gasteiger partial charge in [0.2, 0.25) is 35.4 Å². The number of amides is 6. The smallest absolute Gasteiger partial charge is 0.480 e. The van der Waals surface area contributed by atoms with Gasteiger partial charge in [0.1, 0.15) is 30.2 Å². The first-order chi connectivity index (χ1) is 28.5. The first-order valence-electron chi connectivity index (χ1n) is 18.9. The molecule has 0 spiro atoms. The van der Waals surface area contributed by atoms with Gasteiger partial charge < -0.3 is 81.2 Å². The van der Waals surface area contributed by atoms with E-state index in [4.69, 9.17) is 44.3 Å². The molecular weight excluding hydrogens is 825 g/mol. The molecule has 20 N–H and O–H groups in total. The van der Waals surface area contributed by atoms with Gasteiger partial charge in [-0.05, 0) is 71.3 Å². The Morgan fingerprint density at radius 2 is 1.23 bits per heavy atom. The highest BCUT2D eigenvalue weighted by atomic mass is 19.4. The van der Waals surface area contributed by atoms with E-state index in [-0.39, 0.29) is 63.7 Å². The number of nitrogens with zero attached hydrogens (tertiary/aromatic N) is 3. The predicted molar refractivity (Wildman–Crippen MR) is 210 cm³/mol. The molecule has 28 heteroatoms. The maximum atomic E-state index is 13.5. The quantitative estimate of drug-likeness (QED) is 0.0231. The summed E-state index contributed by atoms with van der Waals surface area (Å²) in [5.41, 5.74) is 33.0. The third kappa shape index (κ3) is 22.8. The Morgan fingerprint density at radius 3 is 1.72 bits per heavy atom. The van der Waals surface area contributed by atoms with Crippen molar-refractivity contribution in [3.8, 4) is 0 Å². The van der Waals surface area contributed by atoms with Gasteiger partial charge in [0, 0.05) is 19.6 Å². The number of carbonyl (C=O) groups is 8. The van der Waals surface area contributed by atoms with E-state index in [1.165, 1.54) is 6.92 Å². The van der Waals surface area contributed by atoms with E-state index in [2.05, 4.69) is 36.6 Å². The van der Waals surface area contributed by atoms with Crippen LogP contribution in [0.5, 0.6) is 0 Å². The normalized spacial score (nSPS) is 15.8. The maximum absolute atomic E-state index is 13.5. The highest BCUT2D eigenvalue weighted by Gasteiger charge is 2.38. The molecule has 0 aliphatic carbocycles. The summed E-state index contributed by atoms with van der Waals surface area (Å²) in [6.07, 6.45) is -2.35. The number of unbranched alkanes of at least 4 members (excludes halogenated alkanes) is 1. The first kappa shape index (κ1) is 55.0. The van der Waals surface area contributed by atoms with Gasteiger partial charge >= 0.3 is 18.1 Å². The molecule has 0 bridgehead atoms. The molecule has 25 nitrogen and oxygen atoms in total. The summed E-state index contributed by atoms with van der Waals surface area (Å²) in [5, 5.41) is 38.5. The zero-order valence-electron chi connectivity index (χ0n) is 33.6. The second kappa shape index (κ2) is 28.4. The molecule has 1 rings (SSSR count). The second-order valence-electron chi connectivity index (χ2n) is 13.5. The molecule has 0 aromatic rings. The van der Waals surface area contributed by atoms with E-state index in [0.29, 0.717) is 32.2 Å². The van der Waals surface area contributed by atoms with Crippen LogP contribution in [-0.2, 0) is 38.4 Å². The van der Waals surface area contributed by atoms with Gasteiger partial charge in [-0.3, -0.25) is 38.8 Å². The van der Waals surface area contributed by atoms with Crippen molar-refractivity contribution in [1.29, 1.82) is 0 Å². The molecule has 0 aromatic carbocycles. The van der Waals surface area contributed by atoms with E-state index < -0.39 is 103 Å². The van der Waals surface area contributed by atoms with Crippen molar-refractivity contribution < 1.29 is 66.8 Å². The van der Waals surface area contributed by atoms with Gasteiger partial charge in [-0.1, -0.05) is 0 Å². The molecule has 1 aliphatic rings. The van der Waals surface area contributed by atoms with Crippen molar-refractivity contribution in [2.45, 2.75) is 107 Å². The molecule has 0 saturated carbocycles. The molecule has 348 valence electrons. The minimum atomic E-state index is -5.08. The number of halogens is 3. The van der Waals surface area contributed by atoms with Gasteiger partial charge in [0.25, 0.3) is 0 Å². The minimum Gasteiger partial charge on any atom is -0.480 e. The first-order valence-corrected chi connectivity index (χ1v) is 18.9. The van der Waals surface area contributed by atoms with Crippen LogP contribution in [0, 0.1) is 0 Å². The van der Waals surface area contributed by atoms with Crippen LogP contribution >= 0.6 is 0 Å². The third-order valence-electron chi connectivity index (χ3n) is 8.54. The summed E-state index contributed by atoms with van der Waals surface area (Å²) in [7, 11) is 0. The topological polar surface area (TPSA) is 441 Å². The summed E-state index contributed by atoms with van der Waals surface area (Å²) in [6, 6.07) is -7.14. The van der Waals surface area contributed by atoms with Crippen molar-refractivity contribution in [3.63, 3.8) is 0 Å². The zero-order valence-corrected chi connectivity index (χ0v) is 33.6. The molecule has 1 saturated heterocycles. The average molecular weight is 885 g/mol. The summed E-state index contributed by atoms with van der Waals surface area (Å²) >= 11 is 0. The fourth-order valence-electron chi connectivity index (χ4n) is 5.32. The van der Waals surface area contributed by atoms with Crippen LogP contribution in [0.3, 0.4) is 0 Å². The molecular formula is C33H59F3N14O11. The van der Waals surface area contributed by atoms with Crippen LogP contribution in [-0.4, -0.2) is 161 Å². The summed E-state index contributed by atoms with van der Waals surface area (Å²) in [6.45, 7) is 0.789. The number of hydrogen-bond acceptors (Lipinski definition) is 13. The fraction of sp³-hybridized carbons (Fsp3) is 0.697. The van der Waals surface area contributed by atoms with E-state index in [0.717, 1.165) is 4.90 Å². The third-order valence-corrected chi connectivity index (χ3v) is 8.54. The molecule has 0 radical (unpaired) electrons. The SMILES string of the molecule is C[C@H](NC(=O)[C@H](CCCCN)NC(=O)[C@H](CCCN=C(N)N)NC(=O)[C@@H](N)CCCN=C(N)N)C(=O)N[C@@H](CO)C(=O)NCC(=O)N1CCC[C@H]1C(=O)O.O=C(O)C(F)(F)F. The standard InChI is InChI=1S/C31H58N14O9.C2HF3O2/c1-17(24(48)44-21(16-46)26(50)40-15-23(47)45-14-6-10-22(45)29(53)54)41-27(51)19(8-2-3-11-32)43-28(52)20(9-5-13-39-31(36)37)42-25(49)18(33)7-4-12-38-30(34)35;3-2(4,5)1(6)7/h17-22,46H,2-16,32-33H2,1H3,(H,40,50)(H,41,51)(H,42,49)(H,43,52)(H,44,48)(H,53,54)(H4,34,35,38)(H4,36,37,39);(H,6,7)/t17-,18-,19-,20-,21-,22-;/m0./s1. The number of nitrogens with one attached hydrogen (secondary N) is 5. The Labute approximate surface area is 348 Å². The second-order valence-corrected chi connectivity index (χ2v) is 13.5. The number of nitrogens with two attached hydrogens (primary N) is 6. The number of alkyl halides is 3. The number of carboxylic acids is 2. The summed E-state index contributed by atoms with van der Waals surface area (Å²) in [4.78, 5) is 107. The van der Waals surface area contributed by atoms with E-state index in [1.54, 1.807) is 0 Å². The lowest BCUT2D eigenvalue weighted by Crippen LogP contribution is -2.59. The number of carboxylic acid groups (broad SMARTS) is 2. The number of hydrogen-bond donors (Lipinski definition) is 14. The van der Waals surface area contributed by atoms with Gasteiger partial charge in [-0.15, -0.1) is 0 Å². The zero-order chi connectivity index (χ0) is 46.9. The highest BCUT2D eigenvalue weighted by molar-refractivity contribution is 5.96. The van der Waals surface area contributed by atoms with Crippen LogP contribution in [0.25, 0.3) is 0 Å². The van der Waals surface area contributed by atoms with Crippen LogP contribution in [0.2, 0.25) is 0 Å². The average Bonchev–Trinajstić information content (AvgIpc) is 3.68. The molecule has 61 heavy (non-hydrogen) atoms. The lowest BCUT2D eigenvalue weighted by Gasteiger charge is -2.26. The number of aliphatic carboxylic acids is 2. The van der Waals surface area contributed by atoms with Crippen LogP contribution < -0.4 is 61.0 Å². The Hall–Kier alpha value is -6.03. The van der Waals surface area contributed by atoms with E-state index >= 15 is 0 Å². The Kier molecular flexibility index (Phi) is 25.6. The Morgan fingerprint density at radius 1 is 0.738 bits per heavy atom. The molecule has 6 atom stereocenters. The highest BCUT2D eigenvalue weighted by Crippen LogP contribution is 2.17. The Balaban J connectivity index is 0.00000470. The number of likely N-dealkylation sites (tertiary alicyclic amines) is 1. The lowest BCUT2D eigenvalue weighted by atomic mass is 10.0. The largest absolute Gasteiger partial charge is 0.490 e. The van der Waals surface area contributed by atoms with E-state index in [1.807, 2.05) is 0 Å². The van der Waals surface area contributed by atoms with Crippen molar-refractivity contribution >= 4 is 59.3 Å². The molecule has 0 unspecified atom stereocenters. The van der Waals surface area contributed by atoms with E-state index in [9.17, 15) is 56.9 Å². The van der Waals surface area contributed by atoms with Crippen molar-refractivity contribution in [1.82, 2.24) is 31.5 Å². The number of aliphatic hydroxyl groups excluding tert-OH is 1. The number of rotatable bonds is 25. The number of guanidine groups is 2. The van der Waals surface area contributed by atoms with Crippen molar-refractivity contribution in [2.75, 3.05) is 39.3 Å².